The lowest BCUT2D eigenvalue weighted by molar-refractivity contribution is 0.157. The third-order valence-corrected chi connectivity index (χ3v) is 4.72. The summed E-state index contributed by atoms with van der Waals surface area (Å²) in [5.41, 5.74) is 0. The van der Waals surface area contributed by atoms with Crippen LogP contribution in [0.1, 0.15) is 70.6 Å². The number of aliphatic hydroxyl groups excluding tert-OH is 1. The normalized spacial score (nSPS) is 26.6. The lowest BCUT2D eigenvalue weighted by Crippen LogP contribution is -2.45. The van der Waals surface area contributed by atoms with Crippen LogP contribution in [0.4, 0.5) is 0 Å². The Bertz CT molecular complexity index is 193. The van der Waals surface area contributed by atoms with E-state index in [2.05, 4.69) is 5.32 Å². The molecule has 0 amide bonds. The zero-order chi connectivity index (χ0) is 11.9. The number of rotatable bonds is 4. The third-order valence-electron chi connectivity index (χ3n) is 4.72. The minimum atomic E-state index is 0.334. The highest BCUT2D eigenvalue weighted by molar-refractivity contribution is 4.83. The summed E-state index contributed by atoms with van der Waals surface area (Å²) in [5, 5.41) is 13.4. The van der Waals surface area contributed by atoms with E-state index >= 15 is 0 Å². The minimum absolute atomic E-state index is 0.334. The van der Waals surface area contributed by atoms with Crippen LogP contribution in [0.3, 0.4) is 0 Å². The van der Waals surface area contributed by atoms with Gasteiger partial charge in [-0.3, -0.25) is 0 Å². The molecule has 0 aromatic rings. The topological polar surface area (TPSA) is 32.3 Å². The van der Waals surface area contributed by atoms with E-state index in [4.69, 9.17) is 0 Å². The molecule has 2 heteroatoms. The molecule has 0 aromatic carbocycles. The third kappa shape index (κ3) is 4.26. The van der Waals surface area contributed by atoms with Gasteiger partial charge in [0.25, 0.3) is 0 Å². The van der Waals surface area contributed by atoms with E-state index in [-0.39, 0.29) is 0 Å². The fourth-order valence-corrected chi connectivity index (χ4v) is 3.62. The number of hydrogen-bond acceptors (Lipinski definition) is 2. The highest BCUT2D eigenvalue weighted by Crippen LogP contribution is 2.27. The Kier molecular flexibility index (Phi) is 5.79. The van der Waals surface area contributed by atoms with Crippen LogP contribution in [0.15, 0.2) is 0 Å². The van der Waals surface area contributed by atoms with E-state index in [1.807, 2.05) is 0 Å². The fraction of sp³-hybridized carbons (Fsp3) is 1.00. The van der Waals surface area contributed by atoms with Gasteiger partial charge >= 0.3 is 0 Å². The molecule has 0 saturated heterocycles. The van der Waals surface area contributed by atoms with Crippen molar-refractivity contribution in [2.45, 2.75) is 82.7 Å². The largest absolute Gasteiger partial charge is 0.395 e. The van der Waals surface area contributed by atoms with Crippen molar-refractivity contribution in [2.24, 2.45) is 5.92 Å². The Hall–Kier alpha value is -0.0800. The smallest absolute Gasteiger partial charge is 0.0587 e. The summed E-state index contributed by atoms with van der Waals surface area (Å²) < 4.78 is 0. The van der Waals surface area contributed by atoms with Crippen molar-refractivity contribution in [2.75, 3.05) is 6.61 Å². The predicted octanol–water partition coefficient (Wildman–Crippen LogP) is 3.24. The van der Waals surface area contributed by atoms with E-state index < -0.39 is 0 Å². The number of aliphatic hydroxyl groups is 1. The summed E-state index contributed by atoms with van der Waals surface area (Å²) >= 11 is 0. The molecule has 2 fully saturated rings. The van der Waals surface area contributed by atoms with Gasteiger partial charge in [0.2, 0.25) is 0 Å². The lowest BCUT2D eigenvalue weighted by Gasteiger charge is -2.32. The average molecular weight is 239 g/mol. The molecule has 2 rings (SSSR count). The van der Waals surface area contributed by atoms with E-state index in [0.29, 0.717) is 18.7 Å². The Morgan fingerprint density at radius 3 is 1.94 bits per heavy atom. The van der Waals surface area contributed by atoms with Crippen molar-refractivity contribution in [1.82, 2.24) is 5.32 Å². The Balaban J connectivity index is 1.80. The summed E-state index contributed by atoms with van der Waals surface area (Å²) in [6.45, 7) is 0.334. The van der Waals surface area contributed by atoms with Gasteiger partial charge in [-0.25, -0.2) is 0 Å². The fourth-order valence-electron chi connectivity index (χ4n) is 3.62. The second kappa shape index (κ2) is 7.38. The second-order valence-corrected chi connectivity index (χ2v) is 6.04. The first-order valence-corrected chi connectivity index (χ1v) is 7.77. The summed E-state index contributed by atoms with van der Waals surface area (Å²) in [7, 11) is 0. The second-order valence-electron chi connectivity index (χ2n) is 6.04. The molecule has 2 aliphatic carbocycles. The average Bonchev–Trinajstić information content (AvgIpc) is 2.65. The van der Waals surface area contributed by atoms with Gasteiger partial charge in [0.1, 0.15) is 0 Å². The maximum atomic E-state index is 9.62. The van der Waals surface area contributed by atoms with Gasteiger partial charge < -0.3 is 10.4 Å². The van der Waals surface area contributed by atoms with Gasteiger partial charge in [0, 0.05) is 12.1 Å². The van der Waals surface area contributed by atoms with Crippen molar-refractivity contribution in [3.8, 4) is 0 Å². The molecule has 2 N–H and O–H groups in total. The molecule has 2 nitrogen and oxygen atoms in total. The summed E-state index contributed by atoms with van der Waals surface area (Å²) in [6, 6.07) is 1.05. The van der Waals surface area contributed by atoms with Gasteiger partial charge in [-0.15, -0.1) is 0 Å². The van der Waals surface area contributed by atoms with E-state index in [9.17, 15) is 5.11 Å². The minimum Gasteiger partial charge on any atom is -0.395 e. The molecule has 0 heterocycles. The van der Waals surface area contributed by atoms with Gasteiger partial charge in [-0.1, -0.05) is 44.9 Å². The molecule has 0 aliphatic heterocycles. The predicted molar refractivity (Wildman–Crippen MR) is 72.1 cm³/mol. The Morgan fingerprint density at radius 1 is 0.824 bits per heavy atom. The van der Waals surface area contributed by atoms with Crippen molar-refractivity contribution in [3.63, 3.8) is 0 Å². The standard InChI is InChI=1S/C15H29NO/c17-12-15(13-8-4-3-5-9-13)16-14-10-6-1-2-7-11-14/h13-17H,1-12H2. The SMILES string of the molecule is OCC(NC1CCCCCC1)C1CCCCC1. The zero-order valence-electron chi connectivity index (χ0n) is 11.2. The van der Waals surface area contributed by atoms with Crippen LogP contribution < -0.4 is 5.32 Å². The van der Waals surface area contributed by atoms with Crippen LogP contribution in [-0.4, -0.2) is 23.8 Å². The molecule has 1 unspecified atom stereocenters. The summed E-state index contributed by atoms with van der Waals surface area (Å²) in [4.78, 5) is 0. The highest BCUT2D eigenvalue weighted by atomic mass is 16.3. The van der Waals surface area contributed by atoms with Crippen molar-refractivity contribution < 1.29 is 5.11 Å². The summed E-state index contributed by atoms with van der Waals surface area (Å²) in [6.07, 6.45) is 15.0. The molecule has 0 radical (unpaired) electrons. The molecular formula is C15H29NO. The molecule has 100 valence electrons. The van der Waals surface area contributed by atoms with Crippen LogP contribution in [0, 0.1) is 5.92 Å². The number of nitrogens with one attached hydrogen (secondary N) is 1. The molecule has 0 spiro atoms. The van der Waals surface area contributed by atoms with Crippen molar-refractivity contribution in [3.05, 3.63) is 0 Å². The van der Waals surface area contributed by atoms with Crippen molar-refractivity contribution >= 4 is 0 Å². The Labute approximate surface area is 106 Å². The van der Waals surface area contributed by atoms with E-state index in [1.165, 1.54) is 70.6 Å². The lowest BCUT2D eigenvalue weighted by atomic mass is 9.83. The maximum Gasteiger partial charge on any atom is 0.0587 e. The molecule has 0 bridgehead atoms. The molecule has 1 atom stereocenters. The van der Waals surface area contributed by atoms with Crippen LogP contribution in [0.5, 0.6) is 0 Å². The quantitative estimate of drug-likeness (QED) is 0.738. The summed E-state index contributed by atoms with van der Waals surface area (Å²) in [5.74, 6) is 0.733. The highest BCUT2D eigenvalue weighted by Gasteiger charge is 2.25. The van der Waals surface area contributed by atoms with Crippen molar-refractivity contribution in [1.29, 1.82) is 0 Å². The van der Waals surface area contributed by atoms with E-state index in [1.54, 1.807) is 0 Å². The van der Waals surface area contributed by atoms with E-state index in [0.717, 1.165) is 5.92 Å². The first kappa shape index (κ1) is 13.4. The molecule has 0 aromatic heterocycles. The van der Waals surface area contributed by atoms with Gasteiger partial charge in [0.05, 0.1) is 6.61 Å². The van der Waals surface area contributed by atoms with Crippen LogP contribution in [0.2, 0.25) is 0 Å². The first-order valence-electron chi connectivity index (χ1n) is 7.77. The van der Waals surface area contributed by atoms with Gasteiger partial charge in [-0.05, 0) is 31.6 Å². The molecule has 2 aliphatic rings. The van der Waals surface area contributed by atoms with Crippen LogP contribution >= 0.6 is 0 Å². The number of hydrogen-bond donors (Lipinski definition) is 2. The van der Waals surface area contributed by atoms with Gasteiger partial charge in [-0.2, -0.15) is 0 Å². The van der Waals surface area contributed by atoms with Crippen LogP contribution in [-0.2, 0) is 0 Å². The molecule has 2 saturated carbocycles. The maximum absolute atomic E-state index is 9.62. The Morgan fingerprint density at radius 2 is 1.35 bits per heavy atom. The molecule has 17 heavy (non-hydrogen) atoms. The monoisotopic (exact) mass is 239 g/mol. The molecular weight excluding hydrogens is 210 g/mol. The first-order chi connectivity index (χ1) is 8.40. The van der Waals surface area contributed by atoms with Crippen LogP contribution in [0.25, 0.3) is 0 Å². The van der Waals surface area contributed by atoms with Gasteiger partial charge in [0.15, 0.2) is 0 Å². The zero-order valence-corrected chi connectivity index (χ0v) is 11.2.